The van der Waals surface area contributed by atoms with Crippen molar-refractivity contribution in [2.24, 2.45) is 0 Å². The zero-order valence-corrected chi connectivity index (χ0v) is 12.6. The van der Waals surface area contributed by atoms with Crippen molar-refractivity contribution in [1.82, 2.24) is 4.40 Å². The maximum Gasteiger partial charge on any atom is 0.409 e. The maximum absolute atomic E-state index is 12.7. The number of H-pyrrole nitrogens is 1. The van der Waals surface area contributed by atoms with E-state index < -0.39 is 5.43 Å². The van der Waals surface area contributed by atoms with Crippen molar-refractivity contribution in [3.05, 3.63) is 64.2 Å². The molecule has 22 heavy (non-hydrogen) atoms. The van der Waals surface area contributed by atoms with E-state index in [0.29, 0.717) is 11.2 Å². The molecule has 0 saturated heterocycles. The molecule has 0 aromatic carbocycles. The number of aromatic amines is 1. The number of carbonyl (C=O) groups excluding carboxylic acids is 1. The number of pyridine rings is 3. The van der Waals surface area contributed by atoms with Gasteiger partial charge in [-0.25, -0.2) is 9.78 Å². The first-order valence-electron chi connectivity index (χ1n) is 6.27. The van der Waals surface area contributed by atoms with Gasteiger partial charge in [0.15, 0.2) is 17.5 Å². The Balaban J connectivity index is 2.45. The minimum atomic E-state index is -1.07. The van der Waals surface area contributed by atoms with E-state index in [0.717, 1.165) is 0 Å². The Morgan fingerprint density at radius 3 is 2.64 bits per heavy atom. The quantitative estimate of drug-likeness (QED) is 0.675. The van der Waals surface area contributed by atoms with Crippen molar-refractivity contribution < 1.29 is 14.5 Å². The van der Waals surface area contributed by atoms with E-state index in [4.69, 9.17) is 27.9 Å². The molecule has 0 unspecified atom stereocenters. The van der Waals surface area contributed by atoms with Crippen LogP contribution in [-0.4, -0.2) is 9.83 Å². The third kappa shape index (κ3) is 2.45. The number of aromatic nitrogens is 2. The molecule has 3 heterocycles. The van der Waals surface area contributed by atoms with Crippen LogP contribution in [0.4, 0.5) is 4.79 Å². The molecule has 0 bridgehead atoms. The van der Waals surface area contributed by atoms with Crippen LogP contribution in [0.25, 0.3) is 16.8 Å². The van der Waals surface area contributed by atoms with E-state index in [-0.39, 0.29) is 21.9 Å². The summed E-state index contributed by atoms with van der Waals surface area (Å²) in [7, 11) is 0. The monoisotopic (exact) mass is 335 g/mol. The predicted octanol–water partition coefficient (Wildman–Crippen LogP) is 3.17. The lowest BCUT2D eigenvalue weighted by Crippen LogP contribution is -2.21. The van der Waals surface area contributed by atoms with Gasteiger partial charge in [-0.15, -0.1) is 0 Å². The molecule has 3 aromatic rings. The highest BCUT2D eigenvalue weighted by molar-refractivity contribution is 6.61. The van der Waals surface area contributed by atoms with Gasteiger partial charge in [-0.3, -0.25) is 9.20 Å². The van der Waals surface area contributed by atoms with E-state index in [1.165, 1.54) is 4.40 Å². The highest BCUT2D eigenvalue weighted by atomic mass is 35.5. The summed E-state index contributed by atoms with van der Waals surface area (Å²) in [6.07, 6.45) is 3.23. The van der Waals surface area contributed by atoms with E-state index in [1.54, 1.807) is 48.8 Å². The number of halogens is 2. The van der Waals surface area contributed by atoms with Crippen LogP contribution < -0.4 is 15.3 Å². The van der Waals surface area contributed by atoms with Gasteiger partial charge in [0.25, 0.3) is 5.56 Å². The van der Waals surface area contributed by atoms with E-state index in [1.807, 2.05) is 0 Å². The fraction of sp³-hybridized carbons (Fsp3) is 0. The number of hydrogen-bond acceptors (Lipinski definition) is 3. The normalized spacial score (nSPS) is 10.6. The van der Waals surface area contributed by atoms with Gasteiger partial charge >= 0.3 is 5.43 Å². The van der Waals surface area contributed by atoms with Crippen LogP contribution in [-0.2, 0) is 0 Å². The van der Waals surface area contributed by atoms with Crippen molar-refractivity contribution in [3.63, 3.8) is 0 Å². The van der Waals surface area contributed by atoms with Gasteiger partial charge in [0.2, 0.25) is 5.69 Å². The van der Waals surface area contributed by atoms with Crippen molar-refractivity contribution in [2.75, 3.05) is 0 Å². The second-order valence-electron chi connectivity index (χ2n) is 4.40. The number of hydrogen-bond donors (Lipinski definition) is 0. The van der Waals surface area contributed by atoms with E-state index in [2.05, 4.69) is 4.98 Å². The van der Waals surface area contributed by atoms with Crippen LogP contribution in [0.3, 0.4) is 0 Å². The van der Waals surface area contributed by atoms with Crippen LogP contribution >= 0.6 is 23.2 Å². The minimum absolute atomic E-state index is 0.0692. The number of nitrogens with zero attached hydrogens (tertiary/aromatic N) is 1. The van der Waals surface area contributed by atoms with Crippen LogP contribution in [0, 0.1) is 0 Å². The number of carbonyl (C=O) groups is 1. The lowest BCUT2D eigenvalue weighted by Gasteiger charge is -2.10. The lowest BCUT2D eigenvalue weighted by molar-refractivity contribution is -0.364. The number of ether oxygens (including phenoxy) is 1. The summed E-state index contributed by atoms with van der Waals surface area (Å²) in [5.74, 6) is -0.0692. The highest BCUT2D eigenvalue weighted by Gasteiger charge is 2.24. The number of rotatable bonds is 2. The maximum atomic E-state index is 12.7. The molecular formula is C15H9Cl2N2O3+. The Labute approximate surface area is 134 Å². The molecule has 0 aliphatic carbocycles. The Morgan fingerprint density at radius 2 is 1.95 bits per heavy atom. The van der Waals surface area contributed by atoms with Crippen LogP contribution in [0.15, 0.2) is 53.6 Å². The smallest absolute Gasteiger partial charge is 0.409 e. The molecule has 1 N–H and O–H groups in total. The van der Waals surface area contributed by atoms with Gasteiger partial charge in [0, 0.05) is 29.9 Å². The molecule has 0 aliphatic rings. The molecule has 0 radical (unpaired) electrons. The van der Waals surface area contributed by atoms with Crippen molar-refractivity contribution in [2.45, 2.75) is 0 Å². The molecule has 0 spiro atoms. The molecule has 0 saturated carbocycles. The molecule has 7 heteroatoms. The first-order valence-corrected chi connectivity index (χ1v) is 7.02. The summed E-state index contributed by atoms with van der Waals surface area (Å²) < 4.78 is 6.36. The third-order valence-electron chi connectivity index (χ3n) is 3.10. The summed E-state index contributed by atoms with van der Waals surface area (Å²) >= 11 is 11.6. The molecular weight excluding hydrogens is 327 g/mol. The van der Waals surface area contributed by atoms with Crippen LogP contribution in [0.1, 0.15) is 0 Å². The fourth-order valence-corrected chi connectivity index (χ4v) is 2.57. The SMILES string of the molecule is O=C(Cl)Oc1c(-c2cccc[nH+]2)c(=O)n2ccccc2c1Cl. The zero-order valence-electron chi connectivity index (χ0n) is 11.0. The van der Waals surface area contributed by atoms with Crippen LogP contribution in [0.5, 0.6) is 5.75 Å². The Bertz CT molecular complexity index is 923. The largest absolute Gasteiger partial charge is 0.412 e. The summed E-state index contributed by atoms with van der Waals surface area (Å²) in [5, 5.41) is 0.126. The third-order valence-corrected chi connectivity index (χ3v) is 3.55. The average Bonchev–Trinajstić information content (AvgIpc) is 2.53. The van der Waals surface area contributed by atoms with E-state index in [9.17, 15) is 9.59 Å². The first-order chi connectivity index (χ1) is 10.6. The predicted molar refractivity (Wildman–Crippen MR) is 82.5 cm³/mol. The second kappa shape index (κ2) is 5.79. The van der Waals surface area contributed by atoms with Crippen molar-refractivity contribution >= 4 is 34.1 Å². The van der Waals surface area contributed by atoms with Crippen LogP contribution in [0.2, 0.25) is 5.02 Å². The van der Waals surface area contributed by atoms with Crippen molar-refractivity contribution in [1.29, 1.82) is 0 Å². The Hall–Kier alpha value is -2.37. The van der Waals surface area contributed by atoms with Gasteiger partial charge in [-0.05, 0) is 18.2 Å². The molecule has 0 fully saturated rings. The standard InChI is InChI=1S/C15H8Cl2N2O3/c16-12-10-6-2-4-8-19(10)14(20)11(13(12)22-15(17)21)9-5-1-3-7-18-9/h1-8H/p+1. The average molecular weight is 336 g/mol. The highest BCUT2D eigenvalue weighted by Crippen LogP contribution is 2.35. The zero-order chi connectivity index (χ0) is 15.7. The molecule has 0 aliphatic heterocycles. The summed E-state index contributed by atoms with van der Waals surface area (Å²) in [5.41, 5.74) is -0.445. The summed E-state index contributed by atoms with van der Waals surface area (Å²) in [4.78, 5) is 26.8. The molecule has 3 rings (SSSR count). The topological polar surface area (TPSA) is 61.9 Å². The van der Waals surface area contributed by atoms with E-state index >= 15 is 0 Å². The van der Waals surface area contributed by atoms with Gasteiger partial charge < -0.3 is 4.74 Å². The molecule has 3 aromatic heterocycles. The summed E-state index contributed by atoms with van der Waals surface area (Å²) in [6, 6.07) is 10.3. The molecule has 110 valence electrons. The van der Waals surface area contributed by atoms with Gasteiger partial charge in [-0.1, -0.05) is 17.7 Å². The first kappa shape index (κ1) is 14.6. The molecule has 0 amide bonds. The van der Waals surface area contributed by atoms with Gasteiger partial charge in [0.1, 0.15) is 5.02 Å². The van der Waals surface area contributed by atoms with Crippen molar-refractivity contribution in [3.8, 4) is 17.0 Å². The number of fused-ring (bicyclic) bond motifs is 1. The molecule has 5 nitrogen and oxygen atoms in total. The Kier molecular flexibility index (Phi) is 3.83. The lowest BCUT2D eigenvalue weighted by atomic mass is 10.1. The fourth-order valence-electron chi connectivity index (χ4n) is 2.21. The Morgan fingerprint density at radius 1 is 1.18 bits per heavy atom. The van der Waals surface area contributed by atoms with Gasteiger partial charge in [-0.2, -0.15) is 0 Å². The number of nitrogens with one attached hydrogen (secondary N) is 1. The summed E-state index contributed by atoms with van der Waals surface area (Å²) in [6.45, 7) is 0. The molecule has 0 atom stereocenters. The second-order valence-corrected chi connectivity index (χ2v) is 5.08. The minimum Gasteiger partial charge on any atom is -0.412 e. The van der Waals surface area contributed by atoms with Gasteiger partial charge in [0.05, 0.1) is 5.52 Å².